The molecule has 0 fully saturated rings. The minimum Gasteiger partial charge on any atom is -0.366 e. The molecule has 6 aromatic rings. The Kier molecular flexibility index (Phi) is 4.93. The first kappa shape index (κ1) is 23.0. The number of nitrogens with zero attached hydrogens (tertiary/aromatic N) is 2. The van der Waals surface area contributed by atoms with Gasteiger partial charge >= 0.3 is 0 Å². The van der Waals surface area contributed by atoms with Crippen LogP contribution in [0, 0.1) is 0 Å². The first-order valence-corrected chi connectivity index (χ1v) is 13.9. The van der Waals surface area contributed by atoms with E-state index in [0.29, 0.717) is 0 Å². The van der Waals surface area contributed by atoms with Gasteiger partial charge in [-0.1, -0.05) is 86.6 Å². The molecule has 1 aromatic heterocycles. The van der Waals surface area contributed by atoms with Gasteiger partial charge in [-0.3, -0.25) is 4.99 Å². The van der Waals surface area contributed by atoms with Gasteiger partial charge in [-0.15, -0.1) is 0 Å². The maximum absolute atomic E-state index is 4.74. The molecule has 0 spiro atoms. The molecule has 0 radical (unpaired) electrons. The van der Waals surface area contributed by atoms with Crippen LogP contribution < -0.4 is 5.32 Å². The first-order valence-electron chi connectivity index (χ1n) is 13.9. The van der Waals surface area contributed by atoms with E-state index in [9.17, 15) is 0 Å². The van der Waals surface area contributed by atoms with Crippen LogP contribution in [0.15, 0.2) is 126 Å². The number of aliphatic imine (C=N–C) groups is 1. The molecule has 5 aromatic carbocycles. The fraction of sp³-hybridized carbons (Fsp3) is 0.108. The number of aromatic nitrogens is 1. The lowest BCUT2D eigenvalue weighted by molar-refractivity contribution is 0.653. The van der Waals surface area contributed by atoms with Gasteiger partial charge < -0.3 is 9.88 Å². The number of allylic oxidation sites excluding steroid dienone is 1. The molecule has 1 unspecified atom stereocenters. The van der Waals surface area contributed by atoms with Crippen LogP contribution in [0.4, 0.5) is 0 Å². The van der Waals surface area contributed by atoms with Crippen molar-refractivity contribution in [1.29, 1.82) is 0 Å². The summed E-state index contributed by atoms with van der Waals surface area (Å²) in [6, 6.07) is 40.0. The first-order chi connectivity index (χ1) is 19.6. The maximum Gasteiger partial charge on any atom is 0.144 e. The van der Waals surface area contributed by atoms with Crippen LogP contribution in [0.25, 0.3) is 49.7 Å². The van der Waals surface area contributed by atoms with Gasteiger partial charge in [0.15, 0.2) is 0 Å². The number of fused-ring (bicyclic) bond motifs is 6. The number of benzene rings is 5. The van der Waals surface area contributed by atoms with Crippen molar-refractivity contribution in [3.05, 3.63) is 138 Å². The zero-order valence-electron chi connectivity index (χ0n) is 22.6. The predicted molar refractivity (Wildman–Crippen MR) is 167 cm³/mol. The lowest BCUT2D eigenvalue weighted by Gasteiger charge is -2.22. The standard InChI is InChI=1S/C37H29N3/c1-37(2)32-15-8-6-13-28(32)30-22-31-29-14-7-9-16-34(29)40(35(31)23-33(30)37)27-20-25(24-11-4-3-5-12-24)19-26(21-27)36-38-17-10-18-39-36/h3-23,36,38H,1-2H3. The quantitative estimate of drug-likeness (QED) is 0.250. The van der Waals surface area contributed by atoms with Crippen molar-refractivity contribution < 1.29 is 0 Å². The van der Waals surface area contributed by atoms with Gasteiger partial charge in [-0.25, -0.2) is 0 Å². The van der Waals surface area contributed by atoms with E-state index >= 15 is 0 Å². The zero-order valence-corrected chi connectivity index (χ0v) is 22.6. The molecule has 2 heterocycles. The van der Waals surface area contributed by atoms with Crippen molar-refractivity contribution in [2.75, 3.05) is 0 Å². The van der Waals surface area contributed by atoms with Gasteiger partial charge in [0.2, 0.25) is 0 Å². The third kappa shape index (κ3) is 3.34. The highest BCUT2D eigenvalue weighted by atomic mass is 15.1. The molecule has 3 heteroatoms. The Morgan fingerprint density at radius 1 is 0.675 bits per heavy atom. The third-order valence-corrected chi connectivity index (χ3v) is 8.67. The molecule has 0 amide bonds. The van der Waals surface area contributed by atoms with Crippen molar-refractivity contribution in [2.45, 2.75) is 25.4 Å². The molecule has 1 N–H and O–H groups in total. The molecule has 8 rings (SSSR count). The molecule has 192 valence electrons. The average Bonchev–Trinajstić information content (AvgIpc) is 3.45. The molecule has 2 aliphatic rings. The zero-order chi connectivity index (χ0) is 26.8. The smallest absolute Gasteiger partial charge is 0.144 e. The summed E-state index contributed by atoms with van der Waals surface area (Å²) in [5.74, 6) is 0. The number of rotatable bonds is 3. The summed E-state index contributed by atoms with van der Waals surface area (Å²) in [5.41, 5.74) is 12.5. The largest absolute Gasteiger partial charge is 0.366 e. The van der Waals surface area contributed by atoms with Crippen LogP contribution in [0.1, 0.15) is 36.7 Å². The fourth-order valence-corrected chi connectivity index (χ4v) is 6.71. The lowest BCUT2D eigenvalue weighted by atomic mass is 9.82. The van der Waals surface area contributed by atoms with Crippen molar-refractivity contribution >= 4 is 28.0 Å². The summed E-state index contributed by atoms with van der Waals surface area (Å²) < 4.78 is 2.45. The van der Waals surface area contributed by atoms with Crippen molar-refractivity contribution in [3.8, 4) is 27.9 Å². The molecule has 0 saturated heterocycles. The molecular formula is C37H29N3. The van der Waals surface area contributed by atoms with Crippen LogP contribution in [0.2, 0.25) is 0 Å². The summed E-state index contributed by atoms with van der Waals surface area (Å²) in [7, 11) is 0. The Balaban J connectivity index is 1.44. The second-order valence-electron chi connectivity index (χ2n) is 11.3. The van der Waals surface area contributed by atoms with Crippen molar-refractivity contribution in [2.24, 2.45) is 4.99 Å². The number of hydrogen-bond acceptors (Lipinski definition) is 2. The summed E-state index contributed by atoms with van der Waals surface area (Å²) in [4.78, 5) is 4.74. The summed E-state index contributed by atoms with van der Waals surface area (Å²) in [5, 5.41) is 5.98. The van der Waals surface area contributed by atoms with Gasteiger partial charge in [0.1, 0.15) is 6.17 Å². The van der Waals surface area contributed by atoms with Crippen LogP contribution in [-0.4, -0.2) is 10.8 Å². The van der Waals surface area contributed by atoms with E-state index in [2.05, 4.69) is 133 Å². The van der Waals surface area contributed by atoms with Crippen molar-refractivity contribution in [3.63, 3.8) is 0 Å². The molecule has 40 heavy (non-hydrogen) atoms. The lowest BCUT2D eigenvalue weighted by Crippen LogP contribution is -2.16. The Morgan fingerprint density at radius 3 is 2.33 bits per heavy atom. The monoisotopic (exact) mass is 515 g/mol. The van der Waals surface area contributed by atoms with Gasteiger partial charge in [0, 0.05) is 28.1 Å². The van der Waals surface area contributed by atoms with Crippen LogP contribution in [0.3, 0.4) is 0 Å². The molecule has 1 aliphatic carbocycles. The van der Waals surface area contributed by atoms with Crippen LogP contribution in [0.5, 0.6) is 0 Å². The van der Waals surface area contributed by atoms with Crippen LogP contribution >= 0.6 is 0 Å². The minimum atomic E-state index is -0.127. The van der Waals surface area contributed by atoms with E-state index in [1.54, 1.807) is 0 Å². The molecule has 1 aliphatic heterocycles. The van der Waals surface area contributed by atoms with E-state index in [4.69, 9.17) is 4.99 Å². The van der Waals surface area contributed by atoms with E-state index in [1.165, 1.54) is 55.2 Å². The van der Waals surface area contributed by atoms with Gasteiger partial charge in [-0.05, 0) is 87.6 Å². The van der Waals surface area contributed by atoms with Crippen LogP contribution in [-0.2, 0) is 5.41 Å². The fourth-order valence-electron chi connectivity index (χ4n) is 6.71. The van der Waals surface area contributed by atoms with Crippen molar-refractivity contribution in [1.82, 2.24) is 9.88 Å². The minimum absolute atomic E-state index is 0.0640. The summed E-state index contributed by atoms with van der Waals surface area (Å²) in [6.45, 7) is 4.70. The highest BCUT2D eigenvalue weighted by molar-refractivity contribution is 6.11. The summed E-state index contributed by atoms with van der Waals surface area (Å²) in [6.07, 6.45) is 5.65. The number of nitrogens with one attached hydrogen (secondary N) is 1. The van der Waals surface area contributed by atoms with Gasteiger partial charge in [-0.2, -0.15) is 0 Å². The number of hydrogen-bond donors (Lipinski definition) is 1. The molecule has 3 nitrogen and oxygen atoms in total. The summed E-state index contributed by atoms with van der Waals surface area (Å²) >= 11 is 0. The van der Waals surface area contributed by atoms with Gasteiger partial charge in [0.05, 0.1) is 11.0 Å². The van der Waals surface area contributed by atoms with Gasteiger partial charge in [0.25, 0.3) is 0 Å². The normalized spacial score (nSPS) is 16.7. The van der Waals surface area contributed by atoms with E-state index < -0.39 is 0 Å². The maximum atomic E-state index is 4.74. The SMILES string of the molecule is CC1(C)c2ccccc2-c2cc3c4ccccc4n(-c4cc(-c5ccccc5)cc(C5N=CC=CN5)c4)c3cc21. The Morgan fingerprint density at radius 2 is 1.48 bits per heavy atom. The second-order valence-corrected chi connectivity index (χ2v) is 11.3. The topological polar surface area (TPSA) is 29.3 Å². The molecular weight excluding hydrogens is 486 g/mol. The Hall–Kier alpha value is -4.89. The average molecular weight is 516 g/mol. The Bertz CT molecular complexity index is 2010. The predicted octanol–water partition coefficient (Wildman–Crippen LogP) is 8.94. The second kappa shape index (κ2) is 8.56. The highest BCUT2D eigenvalue weighted by Crippen LogP contribution is 2.51. The van der Waals surface area contributed by atoms with E-state index in [-0.39, 0.29) is 11.6 Å². The molecule has 0 saturated carbocycles. The molecule has 1 atom stereocenters. The number of para-hydroxylation sites is 1. The third-order valence-electron chi connectivity index (χ3n) is 8.67. The highest BCUT2D eigenvalue weighted by Gasteiger charge is 2.36. The Labute approximate surface area is 234 Å². The van der Waals surface area contributed by atoms with E-state index in [1.807, 2.05) is 18.5 Å². The molecule has 0 bridgehead atoms. The van der Waals surface area contributed by atoms with E-state index in [0.717, 1.165) is 11.3 Å².